The standard InChI is InChI=1S/C22H23BrN2O2S2/c1-12(2)17-9-16-18(10-27-17)29-20-19(16)21(26)25(15-7-5-6-13(3)8-15)22(24-20)28-11-14(4)23/h5-8,12,17H,4,9-11H2,1-3H3/t17-/m1/s1. The van der Waals surface area contributed by atoms with Crippen molar-refractivity contribution in [3.8, 4) is 5.69 Å². The Kier molecular flexibility index (Phi) is 6.02. The van der Waals surface area contributed by atoms with Gasteiger partial charge in [-0.2, -0.15) is 0 Å². The van der Waals surface area contributed by atoms with E-state index in [1.807, 2.05) is 31.2 Å². The second kappa shape index (κ2) is 8.38. The van der Waals surface area contributed by atoms with Crippen LogP contribution in [0, 0.1) is 12.8 Å². The number of halogens is 1. The van der Waals surface area contributed by atoms with Gasteiger partial charge in [0.05, 0.1) is 23.8 Å². The molecule has 2 aromatic heterocycles. The number of benzene rings is 1. The minimum Gasteiger partial charge on any atom is -0.372 e. The lowest BCUT2D eigenvalue weighted by molar-refractivity contribution is 0.00200. The first-order chi connectivity index (χ1) is 13.8. The van der Waals surface area contributed by atoms with E-state index in [-0.39, 0.29) is 11.7 Å². The molecule has 0 unspecified atom stereocenters. The highest BCUT2D eigenvalue weighted by Gasteiger charge is 2.28. The zero-order chi connectivity index (χ0) is 20.7. The van der Waals surface area contributed by atoms with Gasteiger partial charge in [-0.05, 0) is 40.6 Å². The molecule has 1 aliphatic rings. The number of hydrogen-bond acceptors (Lipinski definition) is 5. The van der Waals surface area contributed by atoms with Crippen molar-refractivity contribution in [2.45, 2.75) is 45.1 Å². The Morgan fingerprint density at radius 3 is 2.97 bits per heavy atom. The molecule has 0 saturated carbocycles. The molecule has 4 rings (SSSR count). The number of hydrogen-bond donors (Lipinski definition) is 0. The van der Waals surface area contributed by atoms with Crippen molar-refractivity contribution in [1.82, 2.24) is 9.55 Å². The lowest BCUT2D eigenvalue weighted by Crippen LogP contribution is -2.28. The van der Waals surface area contributed by atoms with Gasteiger partial charge in [-0.25, -0.2) is 4.98 Å². The van der Waals surface area contributed by atoms with Crippen molar-refractivity contribution in [3.05, 3.63) is 61.7 Å². The number of fused-ring (bicyclic) bond motifs is 3. The molecule has 4 nitrogen and oxygen atoms in total. The van der Waals surface area contributed by atoms with Crippen LogP contribution in [-0.4, -0.2) is 21.4 Å². The van der Waals surface area contributed by atoms with Crippen molar-refractivity contribution >= 4 is 49.2 Å². The average Bonchev–Trinajstić information content (AvgIpc) is 3.04. The number of thiophene rings is 1. The molecule has 0 bridgehead atoms. The minimum atomic E-state index is 0.00481. The zero-order valence-corrected chi connectivity index (χ0v) is 19.9. The Balaban J connectivity index is 1.94. The molecule has 1 aliphatic heterocycles. The van der Waals surface area contributed by atoms with Gasteiger partial charge in [0.15, 0.2) is 5.16 Å². The quantitative estimate of drug-likeness (QED) is 0.332. The molecule has 3 aromatic rings. The van der Waals surface area contributed by atoms with Gasteiger partial charge in [0.1, 0.15) is 4.83 Å². The van der Waals surface area contributed by atoms with E-state index in [0.29, 0.717) is 23.4 Å². The highest BCUT2D eigenvalue weighted by Crippen LogP contribution is 2.36. The summed E-state index contributed by atoms with van der Waals surface area (Å²) < 4.78 is 8.65. The lowest BCUT2D eigenvalue weighted by atomic mass is 9.96. The third-order valence-corrected chi connectivity index (χ3v) is 7.85. The summed E-state index contributed by atoms with van der Waals surface area (Å²) >= 11 is 6.52. The van der Waals surface area contributed by atoms with Crippen molar-refractivity contribution in [3.63, 3.8) is 0 Å². The zero-order valence-electron chi connectivity index (χ0n) is 16.7. The molecule has 152 valence electrons. The molecule has 0 saturated heterocycles. The minimum absolute atomic E-state index is 0.00481. The normalized spacial score (nSPS) is 16.4. The Bertz CT molecular complexity index is 1150. The summed E-state index contributed by atoms with van der Waals surface area (Å²) in [6, 6.07) is 8.00. The maximum atomic E-state index is 13.8. The van der Waals surface area contributed by atoms with E-state index in [1.54, 1.807) is 15.9 Å². The first kappa shape index (κ1) is 20.8. The average molecular weight is 491 g/mol. The van der Waals surface area contributed by atoms with Crippen LogP contribution in [0.3, 0.4) is 0 Å². The van der Waals surface area contributed by atoms with E-state index in [9.17, 15) is 4.79 Å². The van der Waals surface area contributed by atoms with Crippen LogP contribution in [0.15, 0.2) is 45.3 Å². The summed E-state index contributed by atoms with van der Waals surface area (Å²) in [7, 11) is 0. The van der Waals surface area contributed by atoms with E-state index in [0.717, 1.165) is 42.8 Å². The number of nitrogens with zero attached hydrogens (tertiary/aromatic N) is 2. The highest BCUT2D eigenvalue weighted by molar-refractivity contribution is 9.11. The van der Waals surface area contributed by atoms with E-state index in [2.05, 4.69) is 36.4 Å². The molecule has 0 fully saturated rings. The molecule has 7 heteroatoms. The van der Waals surface area contributed by atoms with Crippen LogP contribution in [-0.2, 0) is 17.8 Å². The predicted molar refractivity (Wildman–Crippen MR) is 126 cm³/mol. The third-order valence-electron chi connectivity index (χ3n) is 5.07. The van der Waals surface area contributed by atoms with E-state index < -0.39 is 0 Å². The second-order valence-corrected chi connectivity index (χ2v) is 10.8. The summed E-state index contributed by atoms with van der Waals surface area (Å²) in [4.78, 5) is 20.6. The molecule has 0 radical (unpaired) electrons. The highest BCUT2D eigenvalue weighted by atomic mass is 79.9. The smallest absolute Gasteiger partial charge is 0.267 e. The predicted octanol–water partition coefficient (Wildman–Crippen LogP) is 5.85. The number of aromatic nitrogens is 2. The summed E-state index contributed by atoms with van der Waals surface area (Å²) in [5, 5.41) is 1.44. The summed E-state index contributed by atoms with van der Waals surface area (Å²) in [6.07, 6.45) is 0.903. The molecule has 3 heterocycles. The van der Waals surface area contributed by atoms with Crippen molar-refractivity contribution in [2.75, 3.05) is 5.75 Å². The summed E-state index contributed by atoms with van der Waals surface area (Å²) in [5.41, 5.74) is 3.08. The summed E-state index contributed by atoms with van der Waals surface area (Å²) in [5.74, 6) is 1.05. The first-order valence-corrected chi connectivity index (χ1v) is 12.2. The molecule has 0 aliphatic carbocycles. The Labute approximate surface area is 187 Å². The van der Waals surface area contributed by atoms with Crippen LogP contribution in [0.25, 0.3) is 15.9 Å². The molecule has 29 heavy (non-hydrogen) atoms. The van der Waals surface area contributed by atoms with Gasteiger partial charge >= 0.3 is 0 Å². The van der Waals surface area contributed by atoms with E-state index in [4.69, 9.17) is 9.72 Å². The molecule has 0 amide bonds. The molecular formula is C22H23BrN2O2S2. The topological polar surface area (TPSA) is 44.1 Å². The SMILES string of the molecule is C=C(Br)CSc1nc2sc3c(c2c(=O)n1-c1cccc(C)c1)C[C@H](C(C)C)OC3. The van der Waals surface area contributed by atoms with Crippen molar-refractivity contribution in [1.29, 1.82) is 0 Å². The second-order valence-electron chi connectivity index (χ2n) is 7.66. The van der Waals surface area contributed by atoms with Crippen LogP contribution in [0.1, 0.15) is 29.9 Å². The van der Waals surface area contributed by atoms with Crippen LogP contribution in [0.5, 0.6) is 0 Å². The van der Waals surface area contributed by atoms with E-state index in [1.165, 1.54) is 11.8 Å². The van der Waals surface area contributed by atoms with Gasteiger partial charge in [0.2, 0.25) is 0 Å². The fourth-order valence-electron chi connectivity index (χ4n) is 3.57. The largest absolute Gasteiger partial charge is 0.372 e. The molecular weight excluding hydrogens is 468 g/mol. The van der Waals surface area contributed by atoms with Gasteiger partial charge in [-0.1, -0.05) is 60.3 Å². The van der Waals surface area contributed by atoms with Gasteiger partial charge in [0.25, 0.3) is 5.56 Å². The summed E-state index contributed by atoms with van der Waals surface area (Å²) in [6.45, 7) is 10.8. The molecule has 1 aromatic carbocycles. The number of ether oxygens (including phenoxy) is 1. The van der Waals surface area contributed by atoms with Gasteiger partial charge < -0.3 is 4.74 Å². The fraction of sp³-hybridized carbons (Fsp3) is 0.364. The van der Waals surface area contributed by atoms with E-state index >= 15 is 0 Å². The first-order valence-electron chi connectivity index (χ1n) is 9.57. The molecule has 0 spiro atoms. The van der Waals surface area contributed by atoms with Gasteiger partial charge in [-0.3, -0.25) is 9.36 Å². The molecule has 1 atom stereocenters. The van der Waals surface area contributed by atoms with Gasteiger partial charge in [0, 0.05) is 17.1 Å². The van der Waals surface area contributed by atoms with Crippen LogP contribution < -0.4 is 5.56 Å². The van der Waals surface area contributed by atoms with Crippen molar-refractivity contribution < 1.29 is 4.74 Å². The number of rotatable bonds is 5. The van der Waals surface area contributed by atoms with Crippen molar-refractivity contribution in [2.24, 2.45) is 5.92 Å². The fourth-order valence-corrected chi connectivity index (χ4v) is 5.84. The maximum Gasteiger partial charge on any atom is 0.267 e. The molecule has 0 N–H and O–H groups in total. The Morgan fingerprint density at radius 2 is 2.28 bits per heavy atom. The lowest BCUT2D eigenvalue weighted by Gasteiger charge is -2.26. The van der Waals surface area contributed by atoms with Crippen LogP contribution in [0.2, 0.25) is 0 Å². The monoisotopic (exact) mass is 490 g/mol. The maximum absolute atomic E-state index is 13.8. The number of thioether (sulfide) groups is 1. The van der Waals surface area contributed by atoms with Gasteiger partial charge in [-0.15, -0.1) is 11.3 Å². The Hall–Kier alpha value is -1.41. The number of aryl methyl sites for hydroxylation is 1. The van der Waals surface area contributed by atoms with Crippen LogP contribution >= 0.6 is 39.0 Å². The van der Waals surface area contributed by atoms with Crippen LogP contribution in [0.4, 0.5) is 0 Å². The third kappa shape index (κ3) is 4.10. The Morgan fingerprint density at radius 1 is 1.48 bits per heavy atom.